The Morgan fingerprint density at radius 2 is 1.94 bits per heavy atom. The molecule has 0 bridgehead atoms. The summed E-state index contributed by atoms with van der Waals surface area (Å²) in [5, 5.41) is 15.5. The molecule has 168 valence electrons. The largest absolute Gasteiger partial charge is 0.380 e. The lowest BCUT2D eigenvalue weighted by atomic mass is 10.0. The SMILES string of the molecule is CO[C@H]1C[C@@H](C(=O)NCC#N)N(c2cc(-c3ccc(N4CCNCC4)cc3)ccc2Cl)C1. The summed E-state index contributed by atoms with van der Waals surface area (Å²) in [6.07, 6.45) is 0.471. The summed E-state index contributed by atoms with van der Waals surface area (Å²) in [5.41, 5.74) is 4.15. The van der Waals surface area contributed by atoms with E-state index in [1.165, 1.54) is 5.69 Å². The third-order valence-electron chi connectivity index (χ3n) is 6.18. The van der Waals surface area contributed by atoms with E-state index >= 15 is 0 Å². The fourth-order valence-corrected chi connectivity index (χ4v) is 4.65. The lowest BCUT2D eigenvalue weighted by molar-refractivity contribution is -0.122. The maximum absolute atomic E-state index is 12.7. The van der Waals surface area contributed by atoms with E-state index in [0.717, 1.165) is 43.0 Å². The second-order valence-corrected chi connectivity index (χ2v) is 8.49. The number of halogens is 1. The maximum atomic E-state index is 12.7. The third-order valence-corrected chi connectivity index (χ3v) is 6.50. The molecule has 4 rings (SSSR count). The van der Waals surface area contributed by atoms with Crippen molar-refractivity contribution in [1.29, 1.82) is 5.26 Å². The molecule has 0 spiro atoms. The number of ether oxygens (including phenoxy) is 1. The first-order chi connectivity index (χ1) is 15.6. The summed E-state index contributed by atoms with van der Waals surface area (Å²) >= 11 is 6.58. The van der Waals surface area contributed by atoms with Crippen molar-refractivity contribution in [3.63, 3.8) is 0 Å². The van der Waals surface area contributed by atoms with Crippen molar-refractivity contribution in [2.24, 2.45) is 0 Å². The molecule has 0 radical (unpaired) electrons. The van der Waals surface area contributed by atoms with Gasteiger partial charge in [0.1, 0.15) is 12.6 Å². The minimum absolute atomic E-state index is 0.0198. The van der Waals surface area contributed by atoms with Gasteiger partial charge in [0, 0.05) is 51.9 Å². The third kappa shape index (κ3) is 4.83. The molecule has 0 aromatic heterocycles. The number of hydrogen-bond donors (Lipinski definition) is 2. The van der Waals surface area contributed by atoms with Gasteiger partial charge in [-0.25, -0.2) is 0 Å². The smallest absolute Gasteiger partial charge is 0.243 e. The molecule has 1 amide bonds. The Morgan fingerprint density at radius 3 is 2.62 bits per heavy atom. The van der Waals surface area contributed by atoms with Crippen molar-refractivity contribution in [2.45, 2.75) is 18.6 Å². The fourth-order valence-electron chi connectivity index (χ4n) is 4.43. The van der Waals surface area contributed by atoms with Gasteiger partial charge in [-0.05, 0) is 35.4 Å². The van der Waals surface area contributed by atoms with Gasteiger partial charge in [-0.1, -0.05) is 29.8 Å². The Morgan fingerprint density at radius 1 is 1.22 bits per heavy atom. The zero-order valence-electron chi connectivity index (χ0n) is 18.2. The zero-order chi connectivity index (χ0) is 22.5. The van der Waals surface area contributed by atoms with E-state index in [0.29, 0.717) is 18.0 Å². The fraction of sp³-hybridized carbons (Fsp3) is 0.417. The normalized spacial score (nSPS) is 20.8. The van der Waals surface area contributed by atoms with Crippen molar-refractivity contribution in [3.8, 4) is 17.2 Å². The van der Waals surface area contributed by atoms with Gasteiger partial charge in [0.05, 0.1) is 22.9 Å². The van der Waals surface area contributed by atoms with Crippen LogP contribution in [-0.4, -0.2) is 64.4 Å². The van der Waals surface area contributed by atoms with Gasteiger partial charge < -0.3 is 25.2 Å². The number of methoxy groups -OCH3 is 1. The predicted molar refractivity (Wildman–Crippen MR) is 127 cm³/mol. The summed E-state index contributed by atoms with van der Waals surface area (Å²) in [4.78, 5) is 17.1. The monoisotopic (exact) mass is 453 g/mol. The summed E-state index contributed by atoms with van der Waals surface area (Å²) in [5.74, 6) is -0.187. The molecule has 2 N–H and O–H groups in total. The van der Waals surface area contributed by atoms with Crippen molar-refractivity contribution < 1.29 is 9.53 Å². The van der Waals surface area contributed by atoms with Crippen LogP contribution in [0.3, 0.4) is 0 Å². The number of carbonyl (C=O) groups is 1. The molecular formula is C24H28ClN5O2. The Bertz CT molecular complexity index is 985. The number of piperazine rings is 1. The Kier molecular flexibility index (Phi) is 7.15. The van der Waals surface area contributed by atoms with Gasteiger partial charge in [0.15, 0.2) is 0 Å². The van der Waals surface area contributed by atoms with Crippen LogP contribution in [-0.2, 0) is 9.53 Å². The highest BCUT2D eigenvalue weighted by molar-refractivity contribution is 6.33. The number of nitrogens with zero attached hydrogens (tertiary/aromatic N) is 3. The van der Waals surface area contributed by atoms with Crippen LogP contribution >= 0.6 is 11.6 Å². The van der Waals surface area contributed by atoms with Crippen LogP contribution in [0.15, 0.2) is 42.5 Å². The number of hydrogen-bond acceptors (Lipinski definition) is 6. The molecule has 2 aliphatic rings. The van der Waals surface area contributed by atoms with Crippen molar-refractivity contribution >= 4 is 28.9 Å². The van der Waals surface area contributed by atoms with E-state index in [-0.39, 0.29) is 18.6 Å². The van der Waals surface area contributed by atoms with E-state index in [1.807, 2.05) is 29.2 Å². The summed E-state index contributed by atoms with van der Waals surface area (Å²) in [6, 6.07) is 16.0. The maximum Gasteiger partial charge on any atom is 0.243 e. The van der Waals surface area contributed by atoms with E-state index in [4.69, 9.17) is 21.6 Å². The highest BCUT2D eigenvalue weighted by Crippen LogP contribution is 2.36. The summed E-state index contributed by atoms with van der Waals surface area (Å²) in [6.45, 7) is 4.57. The number of benzene rings is 2. The highest BCUT2D eigenvalue weighted by Gasteiger charge is 2.38. The highest BCUT2D eigenvalue weighted by atomic mass is 35.5. The lowest BCUT2D eigenvalue weighted by Gasteiger charge is -2.29. The molecule has 2 aliphatic heterocycles. The number of carbonyl (C=O) groups excluding carboxylic acids is 1. The van der Waals surface area contributed by atoms with E-state index in [9.17, 15) is 4.79 Å². The average Bonchev–Trinajstić information content (AvgIpc) is 3.28. The minimum atomic E-state index is -0.434. The second kappa shape index (κ2) is 10.2. The van der Waals surface area contributed by atoms with Crippen LogP contribution < -0.4 is 20.4 Å². The Balaban J connectivity index is 1.59. The van der Waals surface area contributed by atoms with Gasteiger partial charge in [-0.15, -0.1) is 0 Å². The molecule has 2 fully saturated rings. The average molecular weight is 454 g/mol. The summed E-state index contributed by atoms with van der Waals surface area (Å²) < 4.78 is 5.53. The first-order valence-electron chi connectivity index (χ1n) is 10.9. The van der Waals surface area contributed by atoms with Crippen LogP contribution in [0.2, 0.25) is 5.02 Å². The number of nitrogens with one attached hydrogen (secondary N) is 2. The molecule has 0 unspecified atom stereocenters. The lowest BCUT2D eigenvalue weighted by Crippen LogP contribution is -2.43. The molecule has 2 aromatic carbocycles. The molecule has 32 heavy (non-hydrogen) atoms. The molecule has 7 nitrogen and oxygen atoms in total. The second-order valence-electron chi connectivity index (χ2n) is 8.09. The van der Waals surface area contributed by atoms with Crippen molar-refractivity contribution in [1.82, 2.24) is 10.6 Å². The molecule has 0 saturated carbocycles. The van der Waals surface area contributed by atoms with Crippen LogP contribution in [0.5, 0.6) is 0 Å². The number of rotatable bonds is 6. The molecule has 0 aliphatic carbocycles. The van der Waals surface area contributed by atoms with Crippen molar-refractivity contribution in [3.05, 3.63) is 47.5 Å². The number of amides is 1. The van der Waals surface area contributed by atoms with Gasteiger partial charge in [-0.3, -0.25) is 4.79 Å². The standard InChI is InChI=1S/C24H28ClN5O2/c1-32-20-15-23(24(31)28-9-8-26)30(16-20)22-14-18(4-7-21(22)25)17-2-5-19(6-3-17)29-12-10-27-11-13-29/h2-7,14,20,23,27H,9-13,15-16H2,1H3,(H,28,31)/t20-,23-/m0/s1. The van der Waals surface area contributed by atoms with Gasteiger partial charge in [-0.2, -0.15) is 5.26 Å². The number of nitriles is 1. The van der Waals surface area contributed by atoms with E-state index in [2.05, 4.69) is 39.8 Å². The minimum Gasteiger partial charge on any atom is -0.380 e. The summed E-state index contributed by atoms with van der Waals surface area (Å²) in [7, 11) is 1.65. The van der Waals surface area contributed by atoms with E-state index < -0.39 is 6.04 Å². The van der Waals surface area contributed by atoms with Crippen LogP contribution in [0.4, 0.5) is 11.4 Å². The quantitative estimate of drug-likeness (QED) is 0.654. The first-order valence-corrected chi connectivity index (χ1v) is 11.3. The Labute approximate surface area is 193 Å². The molecule has 2 heterocycles. The van der Waals surface area contributed by atoms with Gasteiger partial charge in [0.2, 0.25) is 5.91 Å². The topological polar surface area (TPSA) is 80.6 Å². The molecular weight excluding hydrogens is 426 g/mol. The van der Waals surface area contributed by atoms with Gasteiger partial charge in [0.25, 0.3) is 0 Å². The molecule has 2 atom stereocenters. The van der Waals surface area contributed by atoms with Crippen molar-refractivity contribution in [2.75, 3.05) is 56.2 Å². The van der Waals surface area contributed by atoms with E-state index in [1.54, 1.807) is 7.11 Å². The van der Waals surface area contributed by atoms with Crippen LogP contribution in [0.25, 0.3) is 11.1 Å². The molecule has 2 aromatic rings. The number of anilines is 2. The predicted octanol–water partition coefficient (Wildman–Crippen LogP) is 2.65. The van der Waals surface area contributed by atoms with Crippen LogP contribution in [0.1, 0.15) is 6.42 Å². The first kappa shape index (κ1) is 22.4. The van der Waals surface area contributed by atoms with Crippen LogP contribution in [0, 0.1) is 11.3 Å². The Hall–Kier alpha value is -2.79. The van der Waals surface area contributed by atoms with Gasteiger partial charge >= 0.3 is 0 Å². The zero-order valence-corrected chi connectivity index (χ0v) is 18.9. The molecule has 8 heteroatoms. The molecule has 2 saturated heterocycles.